The predicted octanol–water partition coefficient (Wildman–Crippen LogP) is 4.20. The van der Waals surface area contributed by atoms with Crippen molar-refractivity contribution >= 4 is 0 Å². The highest BCUT2D eigenvalue weighted by Gasteiger charge is 2.38. The topological polar surface area (TPSA) is 15.3 Å². The van der Waals surface area contributed by atoms with Crippen molar-refractivity contribution in [2.75, 3.05) is 19.6 Å². The second-order valence-corrected chi connectivity index (χ2v) is 7.29. The van der Waals surface area contributed by atoms with E-state index in [9.17, 15) is 0 Å². The Morgan fingerprint density at radius 3 is 2.40 bits per heavy atom. The molecule has 2 aliphatic rings. The maximum atomic E-state index is 3.90. The Labute approximate surface area is 126 Å². The van der Waals surface area contributed by atoms with Crippen LogP contribution in [0.5, 0.6) is 0 Å². The minimum Gasteiger partial charge on any atom is -0.312 e. The Kier molecular flexibility index (Phi) is 6.35. The highest BCUT2D eigenvalue weighted by atomic mass is 15.2. The van der Waals surface area contributed by atoms with Crippen molar-refractivity contribution in [3.8, 4) is 0 Å². The molecular formula is C18H36N2. The minimum atomic E-state index is 0.366. The summed E-state index contributed by atoms with van der Waals surface area (Å²) >= 11 is 0. The highest BCUT2D eigenvalue weighted by molar-refractivity contribution is 4.97. The number of rotatable bonds is 9. The van der Waals surface area contributed by atoms with Gasteiger partial charge in [0.2, 0.25) is 0 Å². The fourth-order valence-electron chi connectivity index (χ4n) is 3.86. The summed E-state index contributed by atoms with van der Waals surface area (Å²) in [4.78, 5) is 2.80. The Balaban J connectivity index is 1.98. The van der Waals surface area contributed by atoms with Crippen LogP contribution in [0.15, 0.2) is 0 Å². The molecule has 1 heterocycles. The zero-order chi connectivity index (χ0) is 14.4. The molecule has 1 aliphatic carbocycles. The molecular weight excluding hydrogens is 244 g/mol. The standard InChI is InChI=1S/C18H36N2/c1-4-13-19-17(12-11-16-9-10-16)18(3,5-2)20-14-7-6-8-15-20/h16-17,19H,4-15H2,1-3H3. The first-order valence-corrected chi connectivity index (χ1v) is 9.19. The summed E-state index contributed by atoms with van der Waals surface area (Å²) in [5, 5.41) is 3.90. The van der Waals surface area contributed by atoms with Gasteiger partial charge in [0, 0.05) is 11.6 Å². The van der Waals surface area contributed by atoms with E-state index in [0.717, 1.165) is 5.92 Å². The number of hydrogen-bond donors (Lipinski definition) is 1. The van der Waals surface area contributed by atoms with Gasteiger partial charge in [-0.1, -0.05) is 33.1 Å². The van der Waals surface area contributed by atoms with Gasteiger partial charge in [-0.25, -0.2) is 0 Å². The molecule has 0 aromatic rings. The Morgan fingerprint density at radius 1 is 1.15 bits per heavy atom. The maximum absolute atomic E-state index is 3.90. The molecule has 2 atom stereocenters. The molecule has 2 heteroatoms. The van der Waals surface area contributed by atoms with Crippen molar-refractivity contribution in [2.24, 2.45) is 5.92 Å². The Bertz CT molecular complexity index is 269. The van der Waals surface area contributed by atoms with E-state index in [2.05, 4.69) is 31.0 Å². The summed E-state index contributed by atoms with van der Waals surface area (Å²) < 4.78 is 0. The zero-order valence-electron chi connectivity index (χ0n) is 14.1. The lowest BCUT2D eigenvalue weighted by molar-refractivity contribution is 0.0391. The zero-order valence-corrected chi connectivity index (χ0v) is 14.1. The lowest BCUT2D eigenvalue weighted by Crippen LogP contribution is -2.60. The van der Waals surface area contributed by atoms with Crippen molar-refractivity contribution in [1.29, 1.82) is 0 Å². The smallest absolute Gasteiger partial charge is 0.0331 e. The van der Waals surface area contributed by atoms with E-state index < -0.39 is 0 Å². The van der Waals surface area contributed by atoms with Crippen molar-refractivity contribution in [3.05, 3.63) is 0 Å². The van der Waals surface area contributed by atoms with Gasteiger partial charge in [0.1, 0.15) is 0 Å². The molecule has 20 heavy (non-hydrogen) atoms. The average Bonchev–Trinajstić information content (AvgIpc) is 3.32. The van der Waals surface area contributed by atoms with Gasteiger partial charge in [-0.3, -0.25) is 4.90 Å². The molecule has 2 fully saturated rings. The Hall–Kier alpha value is -0.0800. The molecule has 0 bridgehead atoms. The molecule has 2 unspecified atom stereocenters. The number of nitrogens with one attached hydrogen (secondary N) is 1. The SMILES string of the molecule is CCCNC(CCC1CC1)C(C)(CC)N1CCCCC1. The third-order valence-electron chi connectivity index (χ3n) is 5.75. The lowest BCUT2D eigenvalue weighted by atomic mass is 9.82. The third kappa shape index (κ3) is 4.21. The van der Waals surface area contributed by atoms with E-state index in [4.69, 9.17) is 0 Å². The van der Waals surface area contributed by atoms with Crippen LogP contribution in [-0.4, -0.2) is 36.1 Å². The van der Waals surface area contributed by atoms with Crippen LogP contribution in [0.2, 0.25) is 0 Å². The van der Waals surface area contributed by atoms with Crippen molar-refractivity contribution in [2.45, 2.75) is 90.1 Å². The number of nitrogens with zero attached hydrogens (tertiary/aromatic N) is 1. The molecule has 1 saturated carbocycles. The van der Waals surface area contributed by atoms with E-state index in [1.165, 1.54) is 77.4 Å². The number of piperidine rings is 1. The fraction of sp³-hybridized carbons (Fsp3) is 1.00. The quantitative estimate of drug-likeness (QED) is 0.681. The molecule has 0 aromatic heterocycles. The van der Waals surface area contributed by atoms with Crippen LogP contribution in [0.4, 0.5) is 0 Å². The van der Waals surface area contributed by atoms with Crippen LogP contribution in [0, 0.1) is 5.92 Å². The molecule has 0 aromatic carbocycles. The van der Waals surface area contributed by atoms with Gasteiger partial charge >= 0.3 is 0 Å². The molecule has 2 nitrogen and oxygen atoms in total. The number of likely N-dealkylation sites (tertiary alicyclic amines) is 1. The van der Waals surface area contributed by atoms with E-state index in [1.54, 1.807) is 0 Å². The summed E-state index contributed by atoms with van der Waals surface area (Å²) in [6.07, 6.45) is 12.6. The second-order valence-electron chi connectivity index (χ2n) is 7.29. The van der Waals surface area contributed by atoms with Crippen molar-refractivity contribution in [3.63, 3.8) is 0 Å². The first-order chi connectivity index (χ1) is 9.70. The normalized spacial score (nSPS) is 25.4. The Morgan fingerprint density at radius 2 is 1.85 bits per heavy atom. The average molecular weight is 280 g/mol. The van der Waals surface area contributed by atoms with Crippen LogP contribution in [0.25, 0.3) is 0 Å². The monoisotopic (exact) mass is 280 g/mol. The summed E-state index contributed by atoms with van der Waals surface area (Å²) in [5.41, 5.74) is 0.366. The van der Waals surface area contributed by atoms with Crippen LogP contribution >= 0.6 is 0 Å². The maximum Gasteiger partial charge on any atom is 0.0331 e. The van der Waals surface area contributed by atoms with Crippen molar-refractivity contribution in [1.82, 2.24) is 10.2 Å². The molecule has 1 N–H and O–H groups in total. The predicted molar refractivity (Wildman–Crippen MR) is 88.2 cm³/mol. The van der Waals surface area contributed by atoms with Gasteiger partial charge in [0.25, 0.3) is 0 Å². The largest absolute Gasteiger partial charge is 0.312 e. The lowest BCUT2D eigenvalue weighted by Gasteiger charge is -2.48. The van der Waals surface area contributed by atoms with E-state index in [-0.39, 0.29) is 0 Å². The van der Waals surface area contributed by atoms with Crippen molar-refractivity contribution < 1.29 is 0 Å². The van der Waals surface area contributed by atoms with Crippen LogP contribution in [0.3, 0.4) is 0 Å². The van der Waals surface area contributed by atoms with Gasteiger partial charge in [-0.05, 0) is 71.0 Å². The molecule has 0 spiro atoms. The summed E-state index contributed by atoms with van der Waals surface area (Å²) in [5.74, 6) is 1.06. The van der Waals surface area contributed by atoms with E-state index in [0.29, 0.717) is 11.6 Å². The van der Waals surface area contributed by atoms with E-state index in [1.807, 2.05) is 0 Å². The van der Waals surface area contributed by atoms with Gasteiger partial charge in [-0.2, -0.15) is 0 Å². The summed E-state index contributed by atoms with van der Waals surface area (Å²) in [6, 6.07) is 0.686. The van der Waals surface area contributed by atoms with E-state index >= 15 is 0 Å². The molecule has 2 rings (SSSR count). The van der Waals surface area contributed by atoms with Gasteiger partial charge in [-0.15, -0.1) is 0 Å². The first-order valence-electron chi connectivity index (χ1n) is 9.19. The molecule has 0 amide bonds. The van der Waals surface area contributed by atoms with Gasteiger partial charge in [0.05, 0.1) is 0 Å². The summed E-state index contributed by atoms with van der Waals surface area (Å²) in [7, 11) is 0. The van der Waals surface area contributed by atoms with Crippen LogP contribution < -0.4 is 5.32 Å². The van der Waals surface area contributed by atoms with Gasteiger partial charge in [0.15, 0.2) is 0 Å². The third-order valence-corrected chi connectivity index (χ3v) is 5.75. The second kappa shape index (κ2) is 7.79. The highest BCUT2D eigenvalue weighted by Crippen LogP contribution is 2.37. The molecule has 1 saturated heterocycles. The molecule has 1 aliphatic heterocycles. The number of hydrogen-bond acceptors (Lipinski definition) is 2. The van der Waals surface area contributed by atoms with Crippen LogP contribution in [-0.2, 0) is 0 Å². The minimum absolute atomic E-state index is 0.366. The first kappa shape index (κ1) is 16.3. The molecule has 0 radical (unpaired) electrons. The molecule has 118 valence electrons. The summed E-state index contributed by atoms with van der Waals surface area (Å²) in [6.45, 7) is 11.0. The van der Waals surface area contributed by atoms with Gasteiger partial charge < -0.3 is 5.32 Å². The fourth-order valence-corrected chi connectivity index (χ4v) is 3.86. The van der Waals surface area contributed by atoms with Crippen LogP contribution in [0.1, 0.15) is 78.6 Å².